The molecule has 0 aromatic heterocycles. The van der Waals surface area contributed by atoms with Crippen molar-refractivity contribution in [3.05, 3.63) is 0 Å². The van der Waals surface area contributed by atoms with Gasteiger partial charge in [-0.1, -0.05) is 73.1 Å². The van der Waals surface area contributed by atoms with Gasteiger partial charge in [0.25, 0.3) is 0 Å². The van der Waals surface area contributed by atoms with Crippen LogP contribution in [0.4, 0.5) is 0 Å². The molecule has 2 nitrogen and oxygen atoms in total. The van der Waals surface area contributed by atoms with Gasteiger partial charge in [0.2, 0.25) is 0 Å². The van der Waals surface area contributed by atoms with E-state index in [4.69, 9.17) is 4.74 Å². The zero-order valence-corrected chi connectivity index (χ0v) is 14.4. The largest absolute Gasteiger partial charge is 0.465 e. The van der Waals surface area contributed by atoms with E-state index in [-0.39, 0.29) is 5.97 Å². The van der Waals surface area contributed by atoms with E-state index in [0.29, 0.717) is 24.9 Å². The van der Waals surface area contributed by atoms with Crippen LogP contribution in [-0.4, -0.2) is 12.6 Å². The van der Waals surface area contributed by atoms with Gasteiger partial charge in [-0.05, 0) is 24.2 Å². The third-order valence-corrected chi connectivity index (χ3v) is 3.94. The van der Waals surface area contributed by atoms with Crippen LogP contribution in [0.5, 0.6) is 0 Å². The highest BCUT2D eigenvalue weighted by atomic mass is 16.5. The van der Waals surface area contributed by atoms with Crippen LogP contribution >= 0.6 is 0 Å². The number of hydrogen-bond donors (Lipinski definition) is 0. The molecule has 0 aliphatic heterocycles. The average molecular weight is 284 g/mol. The van der Waals surface area contributed by atoms with Crippen molar-refractivity contribution in [1.29, 1.82) is 0 Å². The lowest BCUT2D eigenvalue weighted by Gasteiger charge is -2.26. The third-order valence-electron chi connectivity index (χ3n) is 3.94. The summed E-state index contributed by atoms with van der Waals surface area (Å²) in [6.45, 7) is 11.5. The van der Waals surface area contributed by atoms with Gasteiger partial charge in [0.1, 0.15) is 0 Å². The average Bonchev–Trinajstić information content (AvgIpc) is 2.41. The van der Waals surface area contributed by atoms with Crippen LogP contribution in [0.25, 0.3) is 0 Å². The monoisotopic (exact) mass is 284 g/mol. The van der Waals surface area contributed by atoms with E-state index in [1.807, 2.05) is 0 Å². The first-order valence-electron chi connectivity index (χ1n) is 8.70. The molecule has 0 aliphatic carbocycles. The van der Waals surface area contributed by atoms with Crippen LogP contribution in [0.15, 0.2) is 0 Å². The van der Waals surface area contributed by atoms with Crippen LogP contribution < -0.4 is 0 Å². The summed E-state index contributed by atoms with van der Waals surface area (Å²) in [5, 5.41) is 0. The van der Waals surface area contributed by atoms with Crippen molar-refractivity contribution >= 4 is 5.97 Å². The van der Waals surface area contributed by atoms with Crippen molar-refractivity contribution in [2.75, 3.05) is 6.61 Å². The van der Waals surface area contributed by atoms with Crippen molar-refractivity contribution in [1.82, 2.24) is 0 Å². The maximum absolute atomic E-state index is 11.8. The fraction of sp³-hybridized carbons (Fsp3) is 0.944. The number of carbonyl (C=O) groups excluding carboxylic acids is 1. The van der Waals surface area contributed by atoms with Crippen molar-refractivity contribution in [2.24, 2.45) is 17.8 Å². The second kappa shape index (κ2) is 12.2. The van der Waals surface area contributed by atoms with Crippen LogP contribution in [0.1, 0.15) is 86.0 Å². The van der Waals surface area contributed by atoms with Crippen LogP contribution in [-0.2, 0) is 9.53 Å². The Morgan fingerprint density at radius 3 is 1.70 bits per heavy atom. The lowest BCUT2D eigenvalue weighted by atomic mass is 9.80. The van der Waals surface area contributed by atoms with Gasteiger partial charge in [0, 0.05) is 6.42 Å². The van der Waals surface area contributed by atoms with Gasteiger partial charge >= 0.3 is 5.97 Å². The number of ether oxygens (including phenoxy) is 1. The molecule has 2 heteroatoms. The molecule has 0 spiro atoms. The molecule has 0 fully saturated rings. The second-order valence-corrected chi connectivity index (χ2v) is 6.50. The highest BCUT2D eigenvalue weighted by molar-refractivity contribution is 5.69. The molecule has 0 aromatic rings. The maximum atomic E-state index is 11.8. The summed E-state index contributed by atoms with van der Waals surface area (Å²) in [6, 6.07) is 0. The molecule has 1 unspecified atom stereocenters. The van der Waals surface area contributed by atoms with Gasteiger partial charge in [-0.3, -0.25) is 4.79 Å². The number of esters is 1. The summed E-state index contributed by atoms with van der Waals surface area (Å²) in [4.78, 5) is 11.8. The van der Waals surface area contributed by atoms with E-state index in [1.165, 1.54) is 38.5 Å². The number of hydrogen-bond acceptors (Lipinski definition) is 2. The van der Waals surface area contributed by atoms with E-state index >= 15 is 0 Å². The van der Waals surface area contributed by atoms with Gasteiger partial charge < -0.3 is 4.74 Å². The molecule has 1 atom stereocenters. The van der Waals surface area contributed by atoms with Gasteiger partial charge in [-0.15, -0.1) is 0 Å². The summed E-state index contributed by atoms with van der Waals surface area (Å²) >= 11 is 0. The zero-order chi connectivity index (χ0) is 15.4. The van der Waals surface area contributed by atoms with Gasteiger partial charge in [0.15, 0.2) is 0 Å². The Bertz CT molecular complexity index is 230. The Morgan fingerprint density at radius 1 is 0.850 bits per heavy atom. The van der Waals surface area contributed by atoms with E-state index in [2.05, 4.69) is 34.6 Å². The van der Waals surface area contributed by atoms with Crippen molar-refractivity contribution in [2.45, 2.75) is 86.0 Å². The van der Waals surface area contributed by atoms with Crippen LogP contribution in [0.2, 0.25) is 0 Å². The molecule has 0 amide bonds. The van der Waals surface area contributed by atoms with Gasteiger partial charge in [0.05, 0.1) is 6.61 Å². The lowest BCUT2D eigenvalue weighted by molar-refractivity contribution is -0.145. The summed E-state index contributed by atoms with van der Waals surface area (Å²) in [6.07, 6.45) is 9.19. The van der Waals surface area contributed by atoms with E-state index in [9.17, 15) is 4.79 Å². The Kier molecular flexibility index (Phi) is 11.9. The Balaban J connectivity index is 4.25. The smallest absolute Gasteiger partial charge is 0.305 e. The van der Waals surface area contributed by atoms with Crippen LogP contribution in [0, 0.1) is 17.8 Å². The Morgan fingerprint density at radius 2 is 1.30 bits per heavy atom. The fourth-order valence-electron chi connectivity index (χ4n) is 2.98. The summed E-state index contributed by atoms with van der Waals surface area (Å²) < 4.78 is 5.29. The van der Waals surface area contributed by atoms with E-state index < -0.39 is 0 Å². The molecule has 0 aliphatic rings. The van der Waals surface area contributed by atoms with Crippen molar-refractivity contribution in [3.63, 3.8) is 0 Å². The maximum Gasteiger partial charge on any atom is 0.305 e. The number of carbonyl (C=O) groups is 1. The molecular formula is C18H36O2. The SMILES string of the molecule is CCCC(CCC)C(CCC)CCC(=O)OCC(C)C. The molecule has 20 heavy (non-hydrogen) atoms. The molecule has 0 bridgehead atoms. The predicted molar refractivity (Wildman–Crippen MR) is 86.7 cm³/mol. The predicted octanol–water partition coefficient (Wildman–Crippen LogP) is 5.60. The standard InChI is InChI=1S/C18H36O2/c1-6-9-16(10-7-2)17(11-8-3)12-13-18(19)20-14-15(4)5/h15-17H,6-14H2,1-5H3. The summed E-state index contributed by atoms with van der Waals surface area (Å²) in [5.41, 5.74) is 0. The summed E-state index contributed by atoms with van der Waals surface area (Å²) in [7, 11) is 0. The van der Waals surface area contributed by atoms with Gasteiger partial charge in [-0.25, -0.2) is 0 Å². The van der Waals surface area contributed by atoms with Crippen molar-refractivity contribution < 1.29 is 9.53 Å². The highest BCUT2D eigenvalue weighted by Gasteiger charge is 2.20. The molecule has 0 N–H and O–H groups in total. The molecular weight excluding hydrogens is 248 g/mol. The van der Waals surface area contributed by atoms with Crippen molar-refractivity contribution in [3.8, 4) is 0 Å². The van der Waals surface area contributed by atoms with Gasteiger partial charge in [-0.2, -0.15) is 0 Å². The topological polar surface area (TPSA) is 26.3 Å². The first kappa shape index (κ1) is 19.5. The second-order valence-electron chi connectivity index (χ2n) is 6.50. The molecule has 0 rings (SSSR count). The minimum absolute atomic E-state index is 0.00782. The quantitative estimate of drug-likeness (QED) is 0.436. The lowest BCUT2D eigenvalue weighted by Crippen LogP contribution is -2.18. The molecule has 0 saturated carbocycles. The molecule has 0 saturated heterocycles. The minimum Gasteiger partial charge on any atom is -0.465 e. The first-order chi connectivity index (χ1) is 9.54. The Labute approximate surface area is 126 Å². The fourth-order valence-corrected chi connectivity index (χ4v) is 2.98. The third kappa shape index (κ3) is 9.39. The molecule has 120 valence electrons. The number of rotatable bonds is 12. The normalized spacial score (nSPS) is 12.9. The van der Waals surface area contributed by atoms with E-state index in [0.717, 1.165) is 12.3 Å². The molecule has 0 aromatic carbocycles. The Hall–Kier alpha value is -0.530. The first-order valence-corrected chi connectivity index (χ1v) is 8.70. The zero-order valence-electron chi connectivity index (χ0n) is 14.4. The van der Waals surface area contributed by atoms with E-state index in [1.54, 1.807) is 0 Å². The summed E-state index contributed by atoms with van der Waals surface area (Å²) in [5.74, 6) is 1.92. The molecule has 0 heterocycles. The van der Waals surface area contributed by atoms with Crippen LogP contribution in [0.3, 0.4) is 0 Å². The molecule has 0 radical (unpaired) electrons. The minimum atomic E-state index is -0.00782. The highest BCUT2D eigenvalue weighted by Crippen LogP contribution is 2.30.